The number of hydrogen-bond donors (Lipinski definition) is 1. The maximum Gasteiger partial charge on any atom is 0.460 e. The maximum atomic E-state index is 12.5. The van der Waals surface area contributed by atoms with Gasteiger partial charge in [0.25, 0.3) is 0 Å². The van der Waals surface area contributed by atoms with E-state index in [9.17, 15) is 52.1 Å². The number of rotatable bonds is 5. The summed E-state index contributed by atoms with van der Waals surface area (Å²) in [6.07, 6.45) is -14.1. The van der Waals surface area contributed by atoms with Crippen LogP contribution in [0.2, 0.25) is 0 Å². The van der Waals surface area contributed by atoms with E-state index in [4.69, 9.17) is 4.55 Å². The minimum Gasteiger partial charge on any atom is -0.292 e. The second-order valence-electron chi connectivity index (χ2n) is 2.87. The summed E-state index contributed by atoms with van der Waals surface area (Å²) in [6, 6.07) is 0. The van der Waals surface area contributed by atoms with Crippen LogP contribution in [0.5, 0.6) is 0 Å². The maximum absolute atomic E-state index is 12.5. The molecule has 0 amide bonds. The molecule has 0 aromatic heterocycles. The molecule has 1 N–H and O–H groups in total. The third kappa shape index (κ3) is 3.17. The van der Waals surface area contributed by atoms with Gasteiger partial charge in [0, 0.05) is 0 Å². The van der Waals surface area contributed by atoms with Crippen LogP contribution in [-0.4, -0.2) is 41.3 Å². The van der Waals surface area contributed by atoms with Gasteiger partial charge in [-0.15, -0.1) is 0 Å². The summed E-state index contributed by atoms with van der Waals surface area (Å²) in [5, 5.41) is 0. The largest absolute Gasteiger partial charge is 0.460 e. The number of hydrogen-bond acceptors (Lipinski definition) is 4. The lowest BCUT2D eigenvalue weighted by atomic mass is 10.1. The van der Waals surface area contributed by atoms with E-state index in [1.807, 2.05) is 4.18 Å². The molecule has 0 heterocycles. The Morgan fingerprint density at radius 3 is 1.45 bits per heavy atom. The van der Waals surface area contributed by atoms with Crippen molar-refractivity contribution in [1.29, 1.82) is 0 Å². The van der Waals surface area contributed by atoms with E-state index in [-0.39, 0.29) is 0 Å². The molecular formula is C4HF9O5S2. The number of alkyl halides is 9. The highest BCUT2D eigenvalue weighted by Gasteiger charge is 2.83. The summed E-state index contributed by atoms with van der Waals surface area (Å²) in [5.74, 6) is -14.7. The molecule has 0 aliphatic rings. The van der Waals surface area contributed by atoms with Gasteiger partial charge in [-0.25, -0.2) is 4.21 Å². The fraction of sp³-hybridized carbons (Fsp3) is 1.00. The molecule has 0 aliphatic heterocycles. The molecule has 0 aromatic rings. The van der Waals surface area contributed by atoms with Crippen LogP contribution in [0, 0.1) is 0 Å². The average molecular weight is 364 g/mol. The Balaban J connectivity index is 5.78. The van der Waals surface area contributed by atoms with Crippen molar-refractivity contribution in [2.45, 2.75) is 24.1 Å². The van der Waals surface area contributed by atoms with E-state index in [0.717, 1.165) is 0 Å². The van der Waals surface area contributed by atoms with Crippen molar-refractivity contribution >= 4 is 19.3 Å². The van der Waals surface area contributed by atoms with Crippen molar-refractivity contribution in [3.05, 3.63) is 0 Å². The van der Waals surface area contributed by atoms with Crippen molar-refractivity contribution in [2.75, 3.05) is 0 Å². The van der Waals surface area contributed by atoms with Crippen LogP contribution in [0.15, 0.2) is 0 Å². The van der Waals surface area contributed by atoms with Crippen LogP contribution in [0.25, 0.3) is 0 Å². The van der Waals surface area contributed by atoms with Gasteiger partial charge in [0.2, 0.25) is 0 Å². The molecule has 0 radical (unpaired) electrons. The molecule has 0 saturated carbocycles. The Morgan fingerprint density at radius 2 is 1.20 bits per heavy atom. The molecule has 20 heavy (non-hydrogen) atoms. The van der Waals surface area contributed by atoms with Crippen LogP contribution in [0.4, 0.5) is 39.5 Å². The van der Waals surface area contributed by atoms with Gasteiger partial charge in [-0.05, 0) is 0 Å². The van der Waals surface area contributed by atoms with Crippen molar-refractivity contribution in [3.63, 3.8) is 0 Å². The Morgan fingerprint density at radius 1 is 0.850 bits per heavy atom. The predicted molar refractivity (Wildman–Crippen MR) is 41.7 cm³/mol. The average Bonchev–Trinajstić information content (AvgIpc) is 2.12. The van der Waals surface area contributed by atoms with E-state index in [0.29, 0.717) is 0 Å². The third-order valence-electron chi connectivity index (χ3n) is 1.50. The molecule has 0 fully saturated rings. The first-order valence-electron chi connectivity index (χ1n) is 3.67. The Kier molecular flexibility index (Phi) is 4.84. The number of halogens is 9. The first-order chi connectivity index (χ1) is 8.40. The monoisotopic (exact) mass is 364 g/mol. The van der Waals surface area contributed by atoms with Crippen molar-refractivity contribution in [3.8, 4) is 0 Å². The minimum atomic E-state index is -7.38. The zero-order chi connectivity index (χ0) is 16.8. The van der Waals surface area contributed by atoms with E-state index in [2.05, 4.69) is 0 Å². The van der Waals surface area contributed by atoms with Gasteiger partial charge in [0.15, 0.2) is 0 Å². The second kappa shape index (κ2) is 4.99. The standard InChI is InChI=1S/C4HF9O5S2/c5-1(6,3(9,10)11)2(7,8)4(12,13)18-20(16,17)19(14)15/h(H,14,15). The summed E-state index contributed by atoms with van der Waals surface area (Å²) in [7, 11) is -10.8. The lowest BCUT2D eigenvalue weighted by molar-refractivity contribution is -0.427. The zero-order valence-electron chi connectivity index (χ0n) is 8.30. The summed E-state index contributed by atoms with van der Waals surface area (Å²) in [6.45, 7) is 0. The molecule has 0 aromatic carbocycles. The molecule has 0 saturated heterocycles. The molecule has 0 spiro atoms. The Labute approximate surface area is 105 Å². The first kappa shape index (κ1) is 19.4. The summed E-state index contributed by atoms with van der Waals surface area (Å²) < 4.78 is 149. The summed E-state index contributed by atoms with van der Waals surface area (Å²) >= 11 is 0. The smallest absolute Gasteiger partial charge is 0.292 e. The van der Waals surface area contributed by atoms with E-state index in [1.165, 1.54) is 0 Å². The summed E-state index contributed by atoms with van der Waals surface area (Å²) in [5.41, 5.74) is 0. The minimum absolute atomic E-state index is 1.99. The van der Waals surface area contributed by atoms with E-state index in [1.54, 1.807) is 0 Å². The molecule has 0 rings (SSSR count). The highest BCUT2D eigenvalue weighted by Crippen LogP contribution is 2.53. The normalized spacial score (nSPS) is 17.1. The van der Waals surface area contributed by atoms with Gasteiger partial charge in [-0.1, -0.05) is 0 Å². The lowest BCUT2D eigenvalue weighted by Gasteiger charge is -2.32. The van der Waals surface area contributed by atoms with Crippen LogP contribution >= 0.6 is 0 Å². The highest BCUT2D eigenvalue weighted by atomic mass is 33.2. The highest BCUT2D eigenvalue weighted by molar-refractivity contribution is 8.59. The molecule has 0 aliphatic carbocycles. The van der Waals surface area contributed by atoms with Crippen LogP contribution in [0.3, 0.4) is 0 Å². The Bertz CT molecular complexity index is 493. The zero-order valence-corrected chi connectivity index (χ0v) is 9.93. The van der Waals surface area contributed by atoms with E-state index >= 15 is 0 Å². The van der Waals surface area contributed by atoms with Crippen LogP contribution in [-0.2, 0) is 23.4 Å². The SMILES string of the molecule is O=S(O)S(=O)(=O)OC(F)(F)C(F)(F)C(F)(F)C(F)(F)F. The molecule has 1 atom stereocenters. The van der Waals surface area contributed by atoms with E-state index < -0.39 is 43.4 Å². The molecular weight excluding hydrogens is 363 g/mol. The predicted octanol–water partition coefficient (Wildman–Crippen LogP) is 1.90. The van der Waals surface area contributed by atoms with Gasteiger partial charge in [0.1, 0.15) is 0 Å². The molecule has 1 unspecified atom stereocenters. The van der Waals surface area contributed by atoms with Gasteiger partial charge < -0.3 is 0 Å². The van der Waals surface area contributed by atoms with Gasteiger partial charge in [-0.3, -0.25) is 4.55 Å². The van der Waals surface area contributed by atoms with Crippen LogP contribution < -0.4 is 0 Å². The fourth-order valence-electron chi connectivity index (χ4n) is 0.570. The quantitative estimate of drug-likeness (QED) is 0.458. The molecule has 16 heteroatoms. The first-order valence-corrected chi connectivity index (χ1v) is 6.70. The third-order valence-corrected chi connectivity index (χ3v) is 3.51. The van der Waals surface area contributed by atoms with Crippen LogP contribution in [0.1, 0.15) is 0 Å². The van der Waals surface area contributed by atoms with Gasteiger partial charge >= 0.3 is 43.4 Å². The Hall–Kier alpha value is -0.610. The fourth-order valence-corrected chi connectivity index (χ4v) is 1.42. The van der Waals surface area contributed by atoms with Crippen molar-refractivity contribution in [2.24, 2.45) is 0 Å². The van der Waals surface area contributed by atoms with Crippen molar-refractivity contribution in [1.82, 2.24) is 0 Å². The molecule has 122 valence electrons. The second-order valence-corrected chi connectivity index (χ2v) is 6.37. The molecule has 0 bridgehead atoms. The van der Waals surface area contributed by atoms with Gasteiger partial charge in [0.05, 0.1) is 0 Å². The van der Waals surface area contributed by atoms with Crippen molar-refractivity contribution < 1.29 is 60.9 Å². The lowest BCUT2D eigenvalue weighted by Crippen LogP contribution is -2.62. The van der Waals surface area contributed by atoms with Gasteiger partial charge in [-0.2, -0.15) is 52.1 Å². The topological polar surface area (TPSA) is 80.7 Å². The molecule has 5 nitrogen and oxygen atoms in total. The summed E-state index contributed by atoms with van der Waals surface area (Å²) in [4.78, 5) is 0.